The Kier molecular flexibility index (Phi) is 6.43. The summed E-state index contributed by atoms with van der Waals surface area (Å²) < 4.78 is 0. The van der Waals surface area contributed by atoms with Gasteiger partial charge in [0, 0.05) is 16.8 Å². The van der Waals surface area contributed by atoms with Crippen LogP contribution in [0.1, 0.15) is 34.1 Å². The summed E-state index contributed by atoms with van der Waals surface area (Å²) in [6.45, 7) is 12.5. The van der Waals surface area contributed by atoms with Crippen molar-refractivity contribution in [3.8, 4) is 0 Å². The predicted molar refractivity (Wildman–Crippen MR) is 92.3 cm³/mol. The second-order valence-corrected chi connectivity index (χ2v) is 5.14. The van der Waals surface area contributed by atoms with Crippen LogP contribution in [-0.4, -0.2) is 23.0 Å². The largest absolute Gasteiger partial charge is 0.321 e. The summed E-state index contributed by atoms with van der Waals surface area (Å²) in [4.78, 5) is 6.62. The van der Waals surface area contributed by atoms with Crippen molar-refractivity contribution in [1.29, 1.82) is 0 Å². The van der Waals surface area contributed by atoms with E-state index in [0.717, 1.165) is 34.7 Å². The van der Waals surface area contributed by atoms with Crippen LogP contribution in [0.4, 0.5) is 0 Å². The number of hydrazone groups is 1. The number of hydrogen-bond acceptors (Lipinski definition) is 3. The molecule has 0 unspecified atom stereocenters. The molecule has 0 atom stereocenters. The first-order valence-electron chi connectivity index (χ1n) is 6.91. The van der Waals surface area contributed by atoms with E-state index in [1.165, 1.54) is 5.54 Å². The third kappa shape index (κ3) is 4.08. The molecular weight excluding hydrogens is 284 g/mol. The van der Waals surface area contributed by atoms with Crippen LogP contribution in [-0.2, 0) is 0 Å². The molecule has 0 aromatic carbocycles. The van der Waals surface area contributed by atoms with Gasteiger partial charge in [-0.1, -0.05) is 36.8 Å². The summed E-state index contributed by atoms with van der Waals surface area (Å²) in [5, 5.41) is 3.95. The highest BCUT2D eigenvalue weighted by atomic mass is 35.5. The van der Waals surface area contributed by atoms with Gasteiger partial charge in [-0.15, -0.1) is 0 Å². The first kappa shape index (κ1) is 17.2. The second kappa shape index (κ2) is 7.84. The standard InChI is InChI=1S/C16H23ClN4/c1-6-13(9-17)16(20-18)21-10-12(5)19-14(7-2)15(21)8-11(3)4/h7-9H,3,6,10,18H2,1-2,4-5H3/b13-9-,14-7?,15-8?,20-16+. The number of aliphatic imine (C=N–C) groups is 1. The van der Waals surface area contributed by atoms with Gasteiger partial charge in [0.2, 0.25) is 0 Å². The lowest BCUT2D eigenvalue weighted by atomic mass is 10.1. The number of rotatable bonds is 3. The van der Waals surface area contributed by atoms with Crippen LogP contribution >= 0.6 is 11.6 Å². The minimum absolute atomic E-state index is 0.626. The van der Waals surface area contributed by atoms with Crippen LogP contribution in [0.25, 0.3) is 0 Å². The van der Waals surface area contributed by atoms with Gasteiger partial charge in [0.15, 0.2) is 5.84 Å². The smallest absolute Gasteiger partial charge is 0.157 e. The summed E-state index contributed by atoms with van der Waals surface area (Å²) in [6, 6.07) is 0. The molecule has 1 aliphatic rings. The number of halogens is 1. The number of hydrogen-bond donors (Lipinski definition) is 1. The average Bonchev–Trinajstić information content (AvgIpc) is 2.45. The Bertz CT molecular complexity index is 565. The van der Waals surface area contributed by atoms with Crippen LogP contribution in [0.15, 0.2) is 56.9 Å². The highest BCUT2D eigenvalue weighted by Crippen LogP contribution is 2.26. The molecule has 2 N–H and O–H groups in total. The van der Waals surface area contributed by atoms with Gasteiger partial charge in [-0.3, -0.25) is 4.99 Å². The molecule has 0 bridgehead atoms. The lowest BCUT2D eigenvalue weighted by Gasteiger charge is -2.32. The lowest BCUT2D eigenvalue weighted by Crippen LogP contribution is -2.39. The summed E-state index contributed by atoms with van der Waals surface area (Å²) in [5.41, 5.74) is 6.16. The Morgan fingerprint density at radius 1 is 1.57 bits per heavy atom. The molecule has 0 fully saturated rings. The van der Waals surface area contributed by atoms with Gasteiger partial charge in [0.1, 0.15) is 0 Å². The molecule has 1 aliphatic heterocycles. The maximum atomic E-state index is 5.91. The molecule has 1 heterocycles. The van der Waals surface area contributed by atoms with Gasteiger partial charge in [0.25, 0.3) is 0 Å². The van der Waals surface area contributed by atoms with Gasteiger partial charge in [-0.05, 0) is 33.3 Å². The highest BCUT2D eigenvalue weighted by molar-refractivity contribution is 6.28. The summed E-state index contributed by atoms with van der Waals surface area (Å²) in [5.74, 6) is 6.28. The van der Waals surface area contributed by atoms with Crippen molar-refractivity contribution in [1.82, 2.24) is 4.90 Å². The SMILES string of the molecule is C=C(C)C=C1C(=CC)N=C(C)CN1C(=N/N)/C(=C\Cl)CC. The van der Waals surface area contributed by atoms with Crippen molar-refractivity contribution in [2.24, 2.45) is 15.9 Å². The third-order valence-electron chi connectivity index (χ3n) is 3.09. The maximum Gasteiger partial charge on any atom is 0.157 e. The third-order valence-corrected chi connectivity index (χ3v) is 3.35. The molecule has 114 valence electrons. The molecule has 4 nitrogen and oxygen atoms in total. The Balaban J connectivity index is 3.43. The Morgan fingerprint density at radius 2 is 2.24 bits per heavy atom. The summed E-state index contributed by atoms with van der Waals surface area (Å²) in [7, 11) is 0. The van der Waals surface area contributed by atoms with E-state index in [0.29, 0.717) is 12.4 Å². The fourth-order valence-corrected chi connectivity index (χ4v) is 2.40. The van der Waals surface area contributed by atoms with Crippen molar-refractivity contribution in [2.45, 2.75) is 34.1 Å². The maximum absolute atomic E-state index is 5.91. The molecule has 0 aromatic heterocycles. The molecule has 0 amide bonds. The van der Waals surface area contributed by atoms with Crippen molar-refractivity contribution in [3.05, 3.63) is 46.8 Å². The number of nitrogens with zero attached hydrogens (tertiary/aromatic N) is 3. The second-order valence-electron chi connectivity index (χ2n) is 4.92. The molecule has 0 radical (unpaired) electrons. The van der Waals surface area contributed by atoms with E-state index in [9.17, 15) is 0 Å². The van der Waals surface area contributed by atoms with Gasteiger partial charge in [-0.25, -0.2) is 0 Å². The van der Waals surface area contributed by atoms with E-state index in [4.69, 9.17) is 17.4 Å². The number of allylic oxidation sites excluding steroid dienone is 3. The zero-order chi connectivity index (χ0) is 16.0. The van der Waals surface area contributed by atoms with Gasteiger partial charge in [0.05, 0.1) is 17.9 Å². The molecular formula is C16H23ClN4. The monoisotopic (exact) mass is 306 g/mol. The minimum atomic E-state index is 0.626. The van der Waals surface area contributed by atoms with Crippen LogP contribution in [0.3, 0.4) is 0 Å². The molecule has 0 saturated heterocycles. The quantitative estimate of drug-likeness (QED) is 0.372. The van der Waals surface area contributed by atoms with Crippen LogP contribution in [0.5, 0.6) is 0 Å². The van der Waals surface area contributed by atoms with Crippen molar-refractivity contribution >= 4 is 23.1 Å². The van der Waals surface area contributed by atoms with Gasteiger partial charge >= 0.3 is 0 Å². The fraction of sp³-hybridized carbons (Fsp3) is 0.375. The summed E-state index contributed by atoms with van der Waals surface area (Å²) in [6.07, 6.45) is 4.70. The zero-order valence-corrected chi connectivity index (χ0v) is 13.9. The molecule has 21 heavy (non-hydrogen) atoms. The van der Waals surface area contributed by atoms with Crippen LogP contribution < -0.4 is 5.84 Å². The molecule has 0 aromatic rings. The lowest BCUT2D eigenvalue weighted by molar-refractivity contribution is 0.572. The van der Waals surface area contributed by atoms with Crippen molar-refractivity contribution < 1.29 is 0 Å². The number of amidine groups is 1. The Morgan fingerprint density at radius 3 is 2.67 bits per heavy atom. The van der Waals surface area contributed by atoms with Crippen molar-refractivity contribution in [2.75, 3.05) is 6.54 Å². The first-order chi connectivity index (χ1) is 9.98. The van der Waals surface area contributed by atoms with Crippen LogP contribution in [0.2, 0.25) is 0 Å². The van der Waals surface area contributed by atoms with Crippen molar-refractivity contribution in [3.63, 3.8) is 0 Å². The Hall–Kier alpha value is -1.81. The van der Waals surface area contributed by atoms with Crippen LogP contribution in [0, 0.1) is 0 Å². The van der Waals surface area contributed by atoms with E-state index in [1.54, 1.807) is 0 Å². The van der Waals surface area contributed by atoms with E-state index in [1.807, 2.05) is 44.7 Å². The van der Waals surface area contributed by atoms with E-state index in [2.05, 4.69) is 16.7 Å². The minimum Gasteiger partial charge on any atom is -0.321 e. The van der Waals surface area contributed by atoms with Gasteiger partial charge < -0.3 is 10.7 Å². The van der Waals surface area contributed by atoms with E-state index < -0.39 is 0 Å². The Labute approximate surface area is 132 Å². The number of nitrogens with two attached hydrogens (primary N) is 1. The zero-order valence-electron chi connectivity index (χ0n) is 13.2. The average molecular weight is 307 g/mol. The molecule has 5 heteroatoms. The molecule has 0 spiro atoms. The van der Waals surface area contributed by atoms with Gasteiger partial charge in [-0.2, -0.15) is 5.10 Å². The molecule has 0 saturated carbocycles. The first-order valence-corrected chi connectivity index (χ1v) is 7.35. The highest BCUT2D eigenvalue weighted by Gasteiger charge is 2.25. The molecule has 1 rings (SSSR count). The predicted octanol–water partition coefficient (Wildman–Crippen LogP) is 3.93. The van der Waals surface area contributed by atoms with E-state index in [-0.39, 0.29) is 0 Å². The molecule has 0 aliphatic carbocycles. The topological polar surface area (TPSA) is 54.0 Å². The normalized spacial score (nSPS) is 21.0. The fourth-order valence-electron chi connectivity index (χ4n) is 2.15. The van der Waals surface area contributed by atoms with E-state index >= 15 is 0 Å². The summed E-state index contributed by atoms with van der Waals surface area (Å²) >= 11 is 5.91.